The van der Waals surface area contributed by atoms with Gasteiger partial charge in [-0.3, -0.25) is 4.90 Å². The van der Waals surface area contributed by atoms with Gasteiger partial charge < -0.3 is 5.73 Å². The second kappa shape index (κ2) is 3.47. The average Bonchev–Trinajstić information content (AvgIpc) is 2.05. The van der Waals surface area contributed by atoms with Crippen LogP contribution in [0.1, 0.15) is 26.7 Å². The topological polar surface area (TPSA) is 29.3 Å². The normalized spacial score (nSPS) is 22.2. The average molecular weight is 166 g/mol. The minimum absolute atomic E-state index is 0.0971. The van der Waals surface area contributed by atoms with E-state index < -0.39 is 0 Å². The maximum Gasteiger partial charge on any atom is 0.0766 e. The lowest BCUT2D eigenvalue weighted by atomic mass is 9.98. The summed E-state index contributed by atoms with van der Waals surface area (Å²) in [5.74, 6) is 2.81. The maximum absolute atomic E-state index is 5.80. The van der Waals surface area contributed by atoms with Gasteiger partial charge in [0.25, 0.3) is 0 Å². The molecule has 0 aliphatic carbocycles. The van der Waals surface area contributed by atoms with E-state index in [1.54, 1.807) is 0 Å². The third kappa shape index (κ3) is 2.00. The Morgan fingerprint density at radius 2 is 1.92 bits per heavy atom. The molecule has 1 aliphatic rings. The number of rotatable bonds is 1. The molecule has 2 heteroatoms. The molecule has 1 rings (SSSR count). The predicted octanol–water partition coefficient (Wildman–Crippen LogP) is 0.821. The largest absolute Gasteiger partial charge is 0.328 e. The monoisotopic (exact) mass is 166 g/mol. The quantitative estimate of drug-likeness (QED) is 0.584. The first-order chi connectivity index (χ1) is 5.56. The van der Waals surface area contributed by atoms with Crippen LogP contribution in [0.2, 0.25) is 0 Å². The highest BCUT2D eigenvalue weighted by Gasteiger charge is 2.27. The number of hydrogen-bond donors (Lipinski definition) is 1. The van der Waals surface area contributed by atoms with Crippen molar-refractivity contribution in [2.24, 2.45) is 5.73 Å². The number of likely N-dealkylation sites (tertiary alicyclic amines) is 1. The van der Waals surface area contributed by atoms with Gasteiger partial charge in [0.1, 0.15) is 0 Å². The molecule has 1 saturated heterocycles. The molecule has 12 heavy (non-hydrogen) atoms. The summed E-state index contributed by atoms with van der Waals surface area (Å²) in [6, 6.07) is 0.384. The maximum atomic E-state index is 5.80. The highest BCUT2D eigenvalue weighted by atomic mass is 15.2. The molecule has 0 atom stereocenters. The van der Waals surface area contributed by atoms with Crippen molar-refractivity contribution in [3.63, 3.8) is 0 Å². The molecule has 0 spiro atoms. The minimum Gasteiger partial charge on any atom is -0.328 e. The van der Waals surface area contributed by atoms with Crippen LogP contribution >= 0.6 is 0 Å². The van der Waals surface area contributed by atoms with Crippen molar-refractivity contribution in [3.8, 4) is 12.3 Å². The van der Waals surface area contributed by atoms with E-state index in [-0.39, 0.29) is 5.54 Å². The summed E-state index contributed by atoms with van der Waals surface area (Å²) < 4.78 is 0. The molecular weight excluding hydrogens is 148 g/mol. The van der Waals surface area contributed by atoms with Gasteiger partial charge in [-0.1, -0.05) is 5.92 Å². The Balaban J connectivity index is 2.51. The predicted molar refractivity (Wildman–Crippen MR) is 51.7 cm³/mol. The molecule has 1 heterocycles. The Bertz CT molecular complexity index is 183. The molecule has 0 aromatic carbocycles. The van der Waals surface area contributed by atoms with Crippen LogP contribution in [0.15, 0.2) is 0 Å². The van der Waals surface area contributed by atoms with Crippen molar-refractivity contribution in [2.75, 3.05) is 13.1 Å². The molecule has 2 N–H and O–H groups in total. The van der Waals surface area contributed by atoms with Gasteiger partial charge in [-0.05, 0) is 26.7 Å². The van der Waals surface area contributed by atoms with E-state index in [4.69, 9.17) is 12.2 Å². The molecule has 0 saturated carbocycles. The molecule has 68 valence electrons. The Morgan fingerprint density at radius 3 is 2.33 bits per heavy atom. The zero-order valence-corrected chi connectivity index (χ0v) is 8.01. The fraction of sp³-hybridized carbons (Fsp3) is 0.800. The molecule has 0 unspecified atom stereocenters. The van der Waals surface area contributed by atoms with E-state index in [2.05, 4.69) is 24.7 Å². The Morgan fingerprint density at radius 1 is 1.42 bits per heavy atom. The van der Waals surface area contributed by atoms with Gasteiger partial charge in [-0.2, -0.15) is 0 Å². The molecule has 2 nitrogen and oxygen atoms in total. The van der Waals surface area contributed by atoms with E-state index >= 15 is 0 Å². The van der Waals surface area contributed by atoms with Crippen LogP contribution in [-0.2, 0) is 0 Å². The van der Waals surface area contributed by atoms with Gasteiger partial charge in [-0.15, -0.1) is 6.42 Å². The van der Waals surface area contributed by atoms with Crippen LogP contribution in [-0.4, -0.2) is 29.6 Å². The van der Waals surface area contributed by atoms with Crippen LogP contribution in [0.4, 0.5) is 0 Å². The molecule has 1 fully saturated rings. The van der Waals surface area contributed by atoms with Crippen molar-refractivity contribution in [2.45, 2.75) is 38.3 Å². The van der Waals surface area contributed by atoms with Crippen molar-refractivity contribution in [1.29, 1.82) is 0 Å². The standard InChI is InChI=1S/C10H18N2/c1-4-10(2,3)12-7-5-9(11)6-8-12/h1,9H,5-8,11H2,2-3H3. The van der Waals surface area contributed by atoms with Gasteiger partial charge in [0.15, 0.2) is 0 Å². The first-order valence-electron chi connectivity index (χ1n) is 4.54. The number of terminal acetylenes is 1. The molecule has 0 radical (unpaired) electrons. The van der Waals surface area contributed by atoms with E-state index in [1.165, 1.54) is 0 Å². The minimum atomic E-state index is -0.0971. The van der Waals surface area contributed by atoms with Gasteiger partial charge in [0.05, 0.1) is 5.54 Å². The highest BCUT2D eigenvalue weighted by molar-refractivity contribution is 5.09. The van der Waals surface area contributed by atoms with E-state index in [0.717, 1.165) is 25.9 Å². The lowest BCUT2D eigenvalue weighted by Crippen LogP contribution is -2.49. The van der Waals surface area contributed by atoms with Crippen LogP contribution in [0.25, 0.3) is 0 Å². The molecular formula is C10H18N2. The smallest absolute Gasteiger partial charge is 0.0766 e. The third-order valence-corrected chi connectivity index (χ3v) is 2.68. The van der Waals surface area contributed by atoms with Gasteiger partial charge in [0.2, 0.25) is 0 Å². The zero-order valence-electron chi connectivity index (χ0n) is 8.01. The lowest BCUT2D eigenvalue weighted by Gasteiger charge is -2.39. The van der Waals surface area contributed by atoms with Gasteiger partial charge in [0, 0.05) is 19.1 Å². The Kier molecular flexibility index (Phi) is 2.76. The fourth-order valence-corrected chi connectivity index (χ4v) is 1.55. The zero-order chi connectivity index (χ0) is 9.19. The van der Waals surface area contributed by atoms with Gasteiger partial charge >= 0.3 is 0 Å². The van der Waals surface area contributed by atoms with E-state index in [1.807, 2.05) is 0 Å². The summed E-state index contributed by atoms with van der Waals surface area (Å²) >= 11 is 0. The Labute approximate surface area is 75.1 Å². The molecule has 0 bridgehead atoms. The van der Waals surface area contributed by atoms with Crippen LogP contribution < -0.4 is 5.73 Å². The SMILES string of the molecule is C#CC(C)(C)N1CCC(N)CC1. The summed E-state index contributed by atoms with van der Waals surface area (Å²) in [4.78, 5) is 2.33. The fourth-order valence-electron chi connectivity index (χ4n) is 1.55. The Hall–Kier alpha value is -0.520. The number of hydrogen-bond acceptors (Lipinski definition) is 2. The summed E-state index contributed by atoms with van der Waals surface area (Å²) in [5.41, 5.74) is 5.71. The second-order valence-electron chi connectivity index (χ2n) is 4.03. The number of nitrogens with two attached hydrogens (primary N) is 1. The van der Waals surface area contributed by atoms with Crippen molar-refractivity contribution in [1.82, 2.24) is 4.90 Å². The first-order valence-corrected chi connectivity index (χ1v) is 4.54. The van der Waals surface area contributed by atoms with E-state index in [0.29, 0.717) is 6.04 Å². The molecule has 0 amide bonds. The first kappa shape index (κ1) is 9.57. The van der Waals surface area contributed by atoms with Crippen molar-refractivity contribution >= 4 is 0 Å². The molecule has 1 aliphatic heterocycles. The molecule has 0 aromatic rings. The van der Waals surface area contributed by atoms with Crippen LogP contribution in [0, 0.1) is 12.3 Å². The summed E-state index contributed by atoms with van der Waals surface area (Å²) in [6.07, 6.45) is 7.60. The van der Waals surface area contributed by atoms with Gasteiger partial charge in [-0.25, -0.2) is 0 Å². The number of nitrogens with zero attached hydrogens (tertiary/aromatic N) is 1. The second-order valence-corrected chi connectivity index (χ2v) is 4.03. The molecule has 0 aromatic heterocycles. The highest BCUT2D eigenvalue weighted by Crippen LogP contribution is 2.18. The lowest BCUT2D eigenvalue weighted by molar-refractivity contribution is 0.130. The van der Waals surface area contributed by atoms with Crippen molar-refractivity contribution in [3.05, 3.63) is 0 Å². The summed E-state index contributed by atoms with van der Waals surface area (Å²) in [7, 11) is 0. The van der Waals surface area contributed by atoms with Crippen LogP contribution in [0.3, 0.4) is 0 Å². The van der Waals surface area contributed by atoms with E-state index in [9.17, 15) is 0 Å². The van der Waals surface area contributed by atoms with Crippen molar-refractivity contribution < 1.29 is 0 Å². The third-order valence-electron chi connectivity index (χ3n) is 2.68. The summed E-state index contributed by atoms with van der Waals surface area (Å²) in [5, 5.41) is 0. The summed E-state index contributed by atoms with van der Waals surface area (Å²) in [6.45, 7) is 6.25. The van der Waals surface area contributed by atoms with Crippen LogP contribution in [0.5, 0.6) is 0 Å². The number of piperidine rings is 1.